The minimum absolute atomic E-state index is 0.259. The van der Waals surface area contributed by atoms with Crippen LogP contribution in [0.4, 0.5) is 0 Å². The molecule has 4 aliphatic carbocycles. The Bertz CT molecular complexity index is 551. The van der Waals surface area contributed by atoms with E-state index < -0.39 is 5.60 Å². The third kappa shape index (κ3) is 2.31. The maximum atomic E-state index is 10.8. The maximum Gasteiger partial charge on any atom is 0.126 e. The molecule has 0 radical (unpaired) electrons. The summed E-state index contributed by atoms with van der Waals surface area (Å²) in [7, 11) is 1.88. The molecule has 4 rings (SSSR count). The topological polar surface area (TPSA) is 29.5 Å². The fourth-order valence-corrected chi connectivity index (χ4v) is 7.66. The normalized spacial score (nSPS) is 56.7. The lowest BCUT2D eigenvalue weighted by molar-refractivity contribution is -0.125. The molecule has 8 atom stereocenters. The highest BCUT2D eigenvalue weighted by Gasteiger charge is 2.61. The molecule has 0 aliphatic heterocycles. The second kappa shape index (κ2) is 5.49. The van der Waals surface area contributed by atoms with E-state index in [9.17, 15) is 5.11 Å². The molecule has 2 heteroatoms. The van der Waals surface area contributed by atoms with Crippen molar-refractivity contribution in [3.8, 4) is 12.3 Å². The van der Waals surface area contributed by atoms with Gasteiger partial charge in [-0.05, 0) is 92.3 Å². The summed E-state index contributed by atoms with van der Waals surface area (Å²) in [6, 6.07) is 0. The fraction of sp³-hybridized carbons (Fsp3) is 0.909. The molecule has 4 saturated carbocycles. The van der Waals surface area contributed by atoms with Crippen LogP contribution in [0.2, 0.25) is 0 Å². The van der Waals surface area contributed by atoms with Gasteiger partial charge in [-0.2, -0.15) is 0 Å². The van der Waals surface area contributed by atoms with Gasteiger partial charge in [0.15, 0.2) is 0 Å². The largest absolute Gasteiger partial charge is 0.381 e. The number of aliphatic hydroxyl groups is 1. The van der Waals surface area contributed by atoms with E-state index in [1.54, 1.807) is 0 Å². The van der Waals surface area contributed by atoms with E-state index in [1.807, 2.05) is 7.11 Å². The van der Waals surface area contributed by atoms with Gasteiger partial charge < -0.3 is 9.84 Å². The van der Waals surface area contributed by atoms with Crippen molar-refractivity contribution in [1.29, 1.82) is 0 Å². The first-order chi connectivity index (χ1) is 11.3. The quantitative estimate of drug-likeness (QED) is 0.722. The summed E-state index contributed by atoms with van der Waals surface area (Å²) in [5.41, 5.74) is -0.106. The lowest BCUT2D eigenvalue weighted by Gasteiger charge is -2.60. The zero-order valence-corrected chi connectivity index (χ0v) is 15.7. The number of hydrogen-bond donors (Lipinski definition) is 1. The number of rotatable bonds is 1. The molecule has 0 bridgehead atoms. The molecular formula is C22H34O2. The highest BCUT2D eigenvalue weighted by atomic mass is 16.5. The van der Waals surface area contributed by atoms with E-state index >= 15 is 0 Å². The van der Waals surface area contributed by atoms with Crippen LogP contribution in [0.1, 0.15) is 71.6 Å². The first-order valence-corrected chi connectivity index (χ1v) is 10.1. The van der Waals surface area contributed by atoms with Crippen molar-refractivity contribution in [1.82, 2.24) is 0 Å². The SMILES string of the molecule is C#C[C@]1(O)C[C@H]2[C@@H]3CC[C@@H]4C[C@@H](OC)CC[C@]4(C)[C@H]3CC[C@]2(C)C1. The molecule has 0 aromatic carbocycles. The Kier molecular flexibility index (Phi) is 3.87. The summed E-state index contributed by atoms with van der Waals surface area (Å²) in [6.07, 6.45) is 16.9. The predicted octanol–water partition coefficient (Wildman–Crippen LogP) is 4.41. The Morgan fingerprint density at radius 2 is 1.88 bits per heavy atom. The molecule has 24 heavy (non-hydrogen) atoms. The van der Waals surface area contributed by atoms with Crippen LogP contribution in [0.3, 0.4) is 0 Å². The number of terminal acetylenes is 1. The summed E-state index contributed by atoms with van der Waals surface area (Å²) in [6.45, 7) is 4.98. The van der Waals surface area contributed by atoms with Crippen LogP contribution in [-0.2, 0) is 4.74 Å². The molecular weight excluding hydrogens is 296 g/mol. The molecule has 4 aliphatic rings. The van der Waals surface area contributed by atoms with E-state index in [1.165, 1.54) is 44.9 Å². The Hall–Kier alpha value is -0.520. The summed E-state index contributed by atoms with van der Waals surface area (Å²) in [5, 5.41) is 10.8. The third-order valence-corrected chi connectivity index (χ3v) is 8.99. The van der Waals surface area contributed by atoms with Gasteiger partial charge in [0.25, 0.3) is 0 Å². The van der Waals surface area contributed by atoms with Gasteiger partial charge in [-0.25, -0.2) is 0 Å². The monoisotopic (exact) mass is 330 g/mol. The first kappa shape index (κ1) is 16.9. The summed E-state index contributed by atoms with van der Waals surface area (Å²) < 4.78 is 5.69. The number of hydrogen-bond acceptors (Lipinski definition) is 2. The van der Waals surface area contributed by atoms with Crippen molar-refractivity contribution in [3.63, 3.8) is 0 Å². The molecule has 0 aromatic heterocycles. The maximum absolute atomic E-state index is 10.8. The molecule has 0 spiro atoms. The standard InChI is InChI=1S/C22H34O2/c1-5-22(23)13-19-17-7-6-15-12-16(24-4)8-11-21(15,3)18(17)9-10-20(19,2)14-22/h1,15-19,23H,6-14H2,2-4H3/t15-,16+,17-,18+,19+,20-,21+,22+/m1/s1. The number of fused-ring (bicyclic) bond motifs is 5. The minimum atomic E-state index is -0.847. The average Bonchev–Trinajstić information content (AvgIpc) is 2.85. The number of methoxy groups -OCH3 is 1. The Labute approximate surface area is 147 Å². The van der Waals surface area contributed by atoms with Gasteiger partial charge in [0.1, 0.15) is 5.60 Å². The van der Waals surface area contributed by atoms with Crippen LogP contribution in [0.15, 0.2) is 0 Å². The average molecular weight is 331 g/mol. The third-order valence-electron chi connectivity index (χ3n) is 8.99. The molecule has 0 saturated heterocycles. The van der Waals surface area contributed by atoms with Crippen molar-refractivity contribution < 1.29 is 9.84 Å². The summed E-state index contributed by atoms with van der Waals surface area (Å²) in [4.78, 5) is 0. The van der Waals surface area contributed by atoms with E-state index in [0.29, 0.717) is 17.4 Å². The van der Waals surface area contributed by atoms with Crippen LogP contribution in [0.5, 0.6) is 0 Å². The molecule has 1 N–H and O–H groups in total. The van der Waals surface area contributed by atoms with Crippen molar-refractivity contribution in [2.24, 2.45) is 34.5 Å². The lowest BCUT2D eigenvalue weighted by Crippen LogP contribution is -2.53. The smallest absolute Gasteiger partial charge is 0.126 e. The van der Waals surface area contributed by atoms with Crippen LogP contribution in [-0.4, -0.2) is 23.9 Å². The minimum Gasteiger partial charge on any atom is -0.381 e. The molecule has 0 heterocycles. The highest BCUT2D eigenvalue weighted by molar-refractivity contribution is 5.19. The molecule has 0 aromatic rings. The molecule has 0 amide bonds. The summed E-state index contributed by atoms with van der Waals surface area (Å²) in [5.74, 6) is 5.78. The van der Waals surface area contributed by atoms with E-state index in [4.69, 9.17) is 11.2 Å². The zero-order valence-electron chi connectivity index (χ0n) is 15.7. The van der Waals surface area contributed by atoms with Crippen LogP contribution < -0.4 is 0 Å². The Morgan fingerprint density at radius 1 is 1.08 bits per heavy atom. The van der Waals surface area contributed by atoms with Gasteiger partial charge in [-0.1, -0.05) is 19.8 Å². The predicted molar refractivity (Wildman–Crippen MR) is 96.3 cm³/mol. The lowest BCUT2D eigenvalue weighted by atomic mass is 9.45. The van der Waals surface area contributed by atoms with E-state index in [0.717, 1.165) is 30.6 Å². The molecule has 134 valence electrons. The van der Waals surface area contributed by atoms with Gasteiger partial charge in [-0.15, -0.1) is 6.42 Å². The zero-order chi connectivity index (χ0) is 17.2. The van der Waals surface area contributed by atoms with Gasteiger partial charge in [0.2, 0.25) is 0 Å². The van der Waals surface area contributed by atoms with Crippen molar-refractivity contribution in [2.45, 2.75) is 83.3 Å². The van der Waals surface area contributed by atoms with Gasteiger partial charge in [0, 0.05) is 7.11 Å². The summed E-state index contributed by atoms with van der Waals surface area (Å²) >= 11 is 0. The van der Waals surface area contributed by atoms with Gasteiger partial charge in [0.05, 0.1) is 6.10 Å². The van der Waals surface area contributed by atoms with Crippen molar-refractivity contribution >= 4 is 0 Å². The van der Waals surface area contributed by atoms with Crippen molar-refractivity contribution in [3.05, 3.63) is 0 Å². The van der Waals surface area contributed by atoms with Gasteiger partial charge in [-0.3, -0.25) is 0 Å². The second-order valence-corrected chi connectivity index (χ2v) is 10.0. The molecule has 0 unspecified atom stereocenters. The second-order valence-electron chi connectivity index (χ2n) is 10.0. The molecule has 4 fully saturated rings. The Balaban J connectivity index is 1.60. The molecule has 2 nitrogen and oxygen atoms in total. The van der Waals surface area contributed by atoms with Crippen molar-refractivity contribution in [2.75, 3.05) is 7.11 Å². The Morgan fingerprint density at radius 3 is 2.58 bits per heavy atom. The first-order valence-electron chi connectivity index (χ1n) is 10.1. The van der Waals surface area contributed by atoms with Gasteiger partial charge >= 0.3 is 0 Å². The number of ether oxygens (including phenoxy) is 1. The van der Waals surface area contributed by atoms with E-state index in [-0.39, 0.29) is 5.41 Å². The van der Waals surface area contributed by atoms with Crippen LogP contribution in [0, 0.1) is 46.8 Å². The van der Waals surface area contributed by atoms with E-state index in [2.05, 4.69) is 19.8 Å². The van der Waals surface area contributed by atoms with Crippen LogP contribution >= 0.6 is 0 Å². The fourth-order valence-electron chi connectivity index (χ4n) is 7.66. The highest BCUT2D eigenvalue weighted by Crippen LogP contribution is 2.67. The van der Waals surface area contributed by atoms with Crippen LogP contribution in [0.25, 0.3) is 0 Å².